The number of hydrogen-bond acceptors (Lipinski definition) is 4. The van der Waals surface area contributed by atoms with Crippen LogP contribution in [0.25, 0.3) is 0 Å². The van der Waals surface area contributed by atoms with Gasteiger partial charge in [-0.1, -0.05) is 6.92 Å². The number of anilines is 2. The van der Waals surface area contributed by atoms with E-state index in [1.165, 1.54) is 0 Å². The van der Waals surface area contributed by atoms with Crippen molar-refractivity contribution in [1.82, 2.24) is 10.3 Å². The smallest absolute Gasteiger partial charge is 0.221 e. The Hall–Kier alpha value is -1.78. The summed E-state index contributed by atoms with van der Waals surface area (Å²) in [5.41, 5.74) is 0.974. The molecule has 19 heavy (non-hydrogen) atoms. The predicted octanol–water partition coefficient (Wildman–Crippen LogP) is 2.23. The van der Waals surface area contributed by atoms with Crippen LogP contribution in [0.4, 0.5) is 11.5 Å². The number of carbonyl (C=O) groups excluding carboxylic acids is 1. The molecule has 3 N–H and O–H groups in total. The Morgan fingerprint density at radius 2 is 2.16 bits per heavy atom. The third-order valence-electron chi connectivity index (χ3n) is 2.82. The Morgan fingerprint density at radius 3 is 2.84 bits per heavy atom. The van der Waals surface area contributed by atoms with Gasteiger partial charge in [-0.15, -0.1) is 0 Å². The van der Waals surface area contributed by atoms with E-state index in [2.05, 4.69) is 27.9 Å². The molecule has 1 unspecified atom stereocenters. The number of aromatic nitrogens is 1. The van der Waals surface area contributed by atoms with Gasteiger partial charge in [0.25, 0.3) is 0 Å². The molecule has 0 spiro atoms. The van der Waals surface area contributed by atoms with Crippen LogP contribution in [0.1, 0.15) is 33.6 Å². The lowest BCUT2D eigenvalue weighted by Gasteiger charge is -2.12. The molecule has 0 radical (unpaired) electrons. The van der Waals surface area contributed by atoms with Crippen LogP contribution in [0.5, 0.6) is 0 Å². The standard InChI is InChI=1S/C14H24N4O/c1-4-11(3)18-14(19)7-9-16-12-6-8-17-13(10-12)15-5-2/h6,8,10-11H,4-5,7,9H2,1-3H3,(H,18,19)(H2,15,16,17). The molecule has 0 bridgehead atoms. The number of nitrogens with one attached hydrogen (secondary N) is 3. The molecule has 1 amide bonds. The van der Waals surface area contributed by atoms with Crippen molar-refractivity contribution in [2.24, 2.45) is 0 Å². The zero-order valence-corrected chi connectivity index (χ0v) is 12.0. The molecule has 0 saturated carbocycles. The summed E-state index contributed by atoms with van der Waals surface area (Å²) < 4.78 is 0. The average molecular weight is 264 g/mol. The molecule has 1 heterocycles. The summed E-state index contributed by atoms with van der Waals surface area (Å²) in [7, 11) is 0. The minimum absolute atomic E-state index is 0.0859. The number of nitrogens with zero attached hydrogens (tertiary/aromatic N) is 1. The third-order valence-corrected chi connectivity index (χ3v) is 2.82. The van der Waals surface area contributed by atoms with E-state index in [9.17, 15) is 4.79 Å². The molecule has 0 saturated heterocycles. The highest BCUT2D eigenvalue weighted by molar-refractivity contribution is 5.76. The Balaban J connectivity index is 2.32. The van der Waals surface area contributed by atoms with Crippen molar-refractivity contribution in [2.45, 2.75) is 39.7 Å². The summed E-state index contributed by atoms with van der Waals surface area (Å²) in [5.74, 6) is 0.930. The van der Waals surface area contributed by atoms with E-state index >= 15 is 0 Å². The lowest BCUT2D eigenvalue weighted by molar-refractivity contribution is -0.121. The van der Waals surface area contributed by atoms with E-state index < -0.39 is 0 Å². The van der Waals surface area contributed by atoms with Crippen molar-refractivity contribution in [1.29, 1.82) is 0 Å². The predicted molar refractivity (Wildman–Crippen MR) is 79.4 cm³/mol. The van der Waals surface area contributed by atoms with Crippen molar-refractivity contribution in [3.05, 3.63) is 18.3 Å². The number of carbonyl (C=O) groups is 1. The van der Waals surface area contributed by atoms with Crippen LogP contribution in [-0.4, -0.2) is 30.0 Å². The van der Waals surface area contributed by atoms with Crippen molar-refractivity contribution in [2.75, 3.05) is 23.7 Å². The van der Waals surface area contributed by atoms with Crippen LogP contribution < -0.4 is 16.0 Å². The topological polar surface area (TPSA) is 66.0 Å². The zero-order chi connectivity index (χ0) is 14.1. The van der Waals surface area contributed by atoms with Gasteiger partial charge in [-0.05, 0) is 26.3 Å². The molecule has 0 aliphatic heterocycles. The number of rotatable bonds is 8. The van der Waals surface area contributed by atoms with Crippen LogP contribution >= 0.6 is 0 Å². The quantitative estimate of drug-likeness (QED) is 0.673. The molecule has 1 atom stereocenters. The summed E-state index contributed by atoms with van der Waals surface area (Å²) in [5, 5.41) is 9.32. The highest BCUT2D eigenvalue weighted by Crippen LogP contribution is 2.11. The Morgan fingerprint density at radius 1 is 1.37 bits per heavy atom. The van der Waals surface area contributed by atoms with Gasteiger partial charge >= 0.3 is 0 Å². The normalized spacial score (nSPS) is 11.7. The summed E-state index contributed by atoms with van der Waals surface area (Å²) in [4.78, 5) is 15.8. The van der Waals surface area contributed by atoms with Crippen molar-refractivity contribution in [3.63, 3.8) is 0 Å². The lowest BCUT2D eigenvalue weighted by Crippen LogP contribution is -2.32. The van der Waals surface area contributed by atoms with Crippen LogP contribution in [-0.2, 0) is 4.79 Å². The molecule has 0 fully saturated rings. The van der Waals surface area contributed by atoms with Crippen LogP contribution in [0.15, 0.2) is 18.3 Å². The molecule has 106 valence electrons. The molecule has 1 rings (SSSR count). The third kappa shape index (κ3) is 6.08. The first-order valence-corrected chi connectivity index (χ1v) is 6.88. The van der Waals surface area contributed by atoms with E-state index in [1.807, 2.05) is 26.0 Å². The molecule has 5 nitrogen and oxygen atoms in total. The largest absolute Gasteiger partial charge is 0.384 e. The molecular weight excluding hydrogens is 240 g/mol. The second-order valence-corrected chi connectivity index (χ2v) is 4.51. The minimum atomic E-state index is 0.0859. The van der Waals surface area contributed by atoms with Gasteiger partial charge in [0.15, 0.2) is 0 Å². The monoisotopic (exact) mass is 264 g/mol. The van der Waals surface area contributed by atoms with Crippen LogP contribution in [0.2, 0.25) is 0 Å². The maximum absolute atomic E-state index is 11.6. The van der Waals surface area contributed by atoms with Gasteiger partial charge < -0.3 is 16.0 Å². The fraction of sp³-hybridized carbons (Fsp3) is 0.571. The van der Waals surface area contributed by atoms with Gasteiger partial charge in [0, 0.05) is 43.5 Å². The molecule has 0 aliphatic carbocycles. The first-order chi connectivity index (χ1) is 9.15. The summed E-state index contributed by atoms with van der Waals surface area (Å²) in [6, 6.07) is 4.08. The molecule has 1 aromatic heterocycles. The molecule has 1 aromatic rings. The maximum Gasteiger partial charge on any atom is 0.221 e. The molecular formula is C14H24N4O. The summed E-state index contributed by atoms with van der Waals surface area (Å²) in [6.07, 6.45) is 3.18. The molecule has 5 heteroatoms. The Bertz CT molecular complexity index is 395. The van der Waals surface area contributed by atoms with E-state index in [0.29, 0.717) is 13.0 Å². The molecule has 0 aromatic carbocycles. The summed E-state index contributed by atoms with van der Waals surface area (Å²) in [6.45, 7) is 7.56. The number of amides is 1. The van der Waals surface area contributed by atoms with Crippen molar-refractivity contribution >= 4 is 17.4 Å². The van der Waals surface area contributed by atoms with Gasteiger partial charge in [-0.3, -0.25) is 4.79 Å². The highest BCUT2D eigenvalue weighted by atomic mass is 16.1. The zero-order valence-electron chi connectivity index (χ0n) is 12.0. The first kappa shape index (κ1) is 15.3. The number of hydrogen-bond donors (Lipinski definition) is 3. The fourth-order valence-electron chi connectivity index (χ4n) is 1.59. The van der Waals surface area contributed by atoms with E-state index in [-0.39, 0.29) is 11.9 Å². The van der Waals surface area contributed by atoms with Gasteiger partial charge in [0.05, 0.1) is 0 Å². The fourth-order valence-corrected chi connectivity index (χ4v) is 1.59. The Labute approximate surface area is 115 Å². The van der Waals surface area contributed by atoms with Crippen molar-refractivity contribution < 1.29 is 4.79 Å². The first-order valence-electron chi connectivity index (χ1n) is 6.88. The van der Waals surface area contributed by atoms with E-state index in [1.54, 1.807) is 6.20 Å². The highest BCUT2D eigenvalue weighted by Gasteiger charge is 2.04. The van der Waals surface area contributed by atoms with Crippen LogP contribution in [0.3, 0.4) is 0 Å². The summed E-state index contributed by atoms with van der Waals surface area (Å²) >= 11 is 0. The second-order valence-electron chi connectivity index (χ2n) is 4.51. The number of pyridine rings is 1. The minimum Gasteiger partial charge on any atom is -0.384 e. The van der Waals surface area contributed by atoms with Gasteiger partial charge in [0.2, 0.25) is 5.91 Å². The van der Waals surface area contributed by atoms with E-state index in [0.717, 1.165) is 24.5 Å². The van der Waals surface area contributed by atoms with Crippen LogP contribution in [0, 0.1) is 0 Å². The molecule has 0 aliphatic rings. The maximum atomic E-state index is 11.6. The van der Waals surface area contributed by atoms with Gasteiger partial charge in [0.1, 0.15) is 5.82 Å². The Kier molecular flexibility index (Phi) is 6.71. The van der Waals surface area contributed by atoms with Gasteiger partial charge in [-0.2, -0.15) is 0 Å². The van der Waals surface area contributed by atoms with Gasteiger partial charge in [-0.25, -0.2) is 4.98 Å². The average Bonchev–Trinajstić information content (AvgIpc) is 2.39. The van der Waals surface area contributed by atoms with Crippen molar-refractivity contribution in [3.8, 4) is 0 Å². The second kappa shape index (κ2) is 8.34. The lowest BCUT2D eigenvalue weighted by atomic mass is 10.2. The SMILES string of the molecule is CCNc1cc(NCCC(=O)NC(C)CC)ccn1. The van der Waals surface area contributed by atoms with E-state index in [4.69, 9.17) is 0 Å².